The molecule has 0 radical (unpaired) electrons. The molecule has 0 N–H and O–H groups in total. The molecule has 0 saturated carbocycles. The maximum absolute atomic E-state index is 12.2. The number of benzene rings is 1. The topological polar surface area (TPSA) is 135 Å². The van der Waals surface area contributed by atoms with Crippen molar-refractivity contribution in [3.8, 4) is 0 Å². The van der Waals surface area contributed by atoms with Crippen LogP contribution in [0.2, 0.25) is 0 Å². The Balaban J connectivity index is 0.000000597. The Labute approximate surface area is 158 Å². The van der Waals surface area contributed by atoms with Crippen LogP contribution in [-0.2, 0) is 39.7 Å². The average molecular weight is 449 g/mol. The van der Waals surface area contributed by atoms with Crippen LogP contribution in [0.1, 0.15) is 16.2 Å². The molecule has 0 amide bonds. The zero-order chi connectivity index (χ0) is 19.9. The highest BCUT2D eigenvalue weighted by atomic mass is 79.9. The molecule has 0 atom stereocenters. The largest absolute Gasteiger partial charge is 0.748 e. The molecule has 1 aromatic carbocycles. The molecule has 0 saturated heterocycles. The Hall–Kier alpha value is -2.18. The first kappa shape index (κ1) is 21.9. The van der Waals surface area contributed by atoms with Crippen LogP contribution in [0.15, 0.2) is 28.7 Å². The lowest BCUT2D eigenvalue weighted by molar-refractivity contribution is -0.738. The first-order valence-electron chi connectivity index (χ1n) is 7.06. The lowest BCUT2D eigenvalue weighted by Crippen LogP contribution is -2.37. The van der Waals surface area contributed by atoms with Crippen molar-refractivity contribution in [2.45, 2.75) is 13.0 Å². The first-order chi connectivity index (χ1) is 12.0. The number of ether oxygens (including phenoxy) is 1. The van der Waals surface area contributed by atoms with E-state index in [0.717, 1.165) is 4.47 Å². The highest BCUT2D eigenvalue weighted by Gasteiger charge is 2.24. The third kappa shape index (κ3) is 7.80. The third-order valence-electron chi connectivity index (χ3n) is 2.94. The lowest BCUT2D eigenvalue weighted by Gasteiger charge is -2.00. The first-order valence-corrected chi connectivity index (χ1v) is 9.67. The van der Waals surface area contributed by atoms with Gasteiger partial charge < -0.3 is 9.29 Å². The summed E-state index contributed by atoms with van der Waals surface area (Å²) in [5.41, 5.74) is 0.570. The second kappa shape index (κ2) is 9.50. The number of methoxy groups -OCH3 is 1. The van der Waals surface area contributed by atoms with Gasteiger partial charge >= 0.3 is 5.97 Å². The van der Waals surface area contributed by atoms with E-state index in [4.69, 9.17) is 13.0 Å². The van der Waals surface area contributed by atoms with Crippen LogP contribution < -0.4 is 4.68 Å². The normalized spacial score (nSPS) is 10.7. The number of esters is 1. The lowest BCUT2D eigenvalue weighted by atomic mass is 10.1. The minimum Gasteiger partial charge on any atom is -0.748 e. The number of aryl methyl sites for hydroxylation is 1. The van der Waals surface area contributed by atoms with E-state index in [1.807, 2.05) is 0 Å². The maximum atomic E-state index is 12.2. The fraction of sp³-hybridized carbons (Fsp3) is 0.357. The molecule has 142 valence electrons. The maximum Gasteiger partial charge on any atom is 0.316 e. The molecule has 0 unspecified atom stereocenters. The van der Waals surface area contributed by atoms with E-state index in [-0.39, 0.29) is 18.7 Å². The molecule has 12 heteroatoms. The smallest absolute Gasteiger partial charge is 0.316 e. The van der Waals surface area contributed by atoms with E-state index in [2.05, 4.69) is 31.1 Å². The standard InChI is InChI=1S/C13H14BrN4O3.CH4O3S/c1-17-12(7-13(20)21-2)18(16-15-17)8-11(19)9-3-5-10(14)6-4-9;1-5(2,3)4/h3-6H,7-8H2,1-2H3;1H3,(H,2,3,4)/q+1;/p-1. The van der Waals surface area contributed by atoms with E-state index in [9.17, 15) is 9.59 Å². The van der Waals surface area contributed by atoms with Crippen LogP contribution in [0.4, 0.5) is 0 Å². The van der Waals surface area contributed by atoms with E-state index >= 15 is 0 Å². The molecule has 26 heavy (non-hydrogen) atoms. The summed E-state index contributed by atoms with van der Waals surface area (Å²) in [7, 11) is -0.949. The Kier molecular flexibility index (Phi) is 7.99. The molecular weight excluding hydrogens is 432 g/mol. The van der Waals surface area contributed by atoms with Crippen molar-refractivity contribution < 1.29 is 32.0 Å². The molecule has 1 heterocycles. The van der Waals surface area contributed by atoms with E-state index < -0.39 is 16.1 Å². The quantitative estimate of drug-likeness (QED) is 0.261. The van der Waals surface area contributed by atoms with Crippen LogP contribution >= 0.6 is 15.9 Å². The molecule has 0 fully saturated rings. The number of hydrogen-bond acceptors (Lipinski definition) is 8. The average Bonchev–Trinajstić information content (AvgIpc) is 2.87. The highest BCUT2D eigenvalue weighted by Crippen LogP contribution is 2.11. The monoisotopic (exact) mass is 448 g/mol. The molecule has 2 rings (SSSR count). The number of rotatable bonds is 5. The van der Waals surface area contributed by atoms with E-state index in [1.54, 1.807) is 31.3 Å². The van der Waals surface area contributed by atoms with Crippen molar-refractivity contribution in [2.24, 2.45) is 7.05 Å². The second-order valence-electron chi connectivity index (χ2n) is 5.06. The number of tetrazole rings is 1. The zero-order valence-electron chi connectivity index (χ0n) is 14.2. The molecule has 0 spiro atoms. The second-order valence-corrected chi connectivity index (χ2v) is 7.39. The van der Waals surface area contributed by atoms with Gasteiger partial charge in [-0.2, -0.15) is 0 Å². The summed E-state index contributed by atoms with van der Waals surface area (Å²) in [6, 6.07) is 7.04. The van der Waals surface area contributed by atoms with Gasteiger partial charge in [0.05, 0.1) is 24.3 Å². The van der Waals surface area contributed by atoms with Crippen molar-refractivity contribution in [1.82, 2.24) is 15.1 Å². The number of ketones is 1. The molecule has 0 aliphatic rings. The summed E-state index contributed by atoms with van der Waals surface area (Å²) in [6.45, 7) is 0.0157. The van der Waals surface area contributed by atoms with Gasteiger partial charge in [-0.15, -0.1) is 4.68 Å². The fourth-order valence-corrected chi connectivity index (χ4v) is 2.04. The predicted octanol–water partition coefficient (Wildman–Crippen LogP) is -0.375. The van der Waals surface area contributed by atoms with Crippen molar-refractivity contribution >= 4 is 37.8 Å². The van der Waals surface area contributed by atoms with E-state index in [0.29, 0.717) is 17.6 Å². The van der Waals surface area contributed by atoms with Crippen LogP contribution in [0.25, 0.3) is 0 Å². The molecule has 0 bridgehead atoms. The number of halogens is 1. The Morgan fingerprint density at radius 3 is 2.35 bits per heavy atom. The van der Waals surface area contributed by atoms with E-state index in [1.165, 1.54) is 16.5 Å². The van der Waals surface area contributed by atoms with Crippen LogP contribution in [0.5, 0.6) is 0 Å². The number of nitrogens with zero attached hydrogens (tertiary/aromatic N) is 4. The minimum atomic E-state index is -3.92. The molecule has 1 aromatic heterocycles. The molecule has 0 aliphatic heterocycles. The molecule has 10 nitrogen and oxygen atoms in total. The van der Waals surface area contributed by atoms with Crippen LogP contribution in [0.3, 0.4) is 0 Å². The SMILES string of the molecule is COC(=O)Cc1n(CC(=O)c2ccc(Br)cc2)nn[n+]1C.CS(=O)(=O)[O-]. The summed E-state index contributed by atoms with van der Waals surface area (Å²) in [4.78, 5) is 23.6. The van der Waals surface area contributed by atoms with Gasteiger partial charge in [0, 0.05) is 16.3 Å². The minimum absolute atomic E-state index is 0.00756. The number of hydrogen-bond donors (Lipinski definition) is 0. The van der Waals surface area contributed by atoms with Crippen LogP contribution in [-0.4, -0.2) is 53.2 Å². The third-order valence-corrected chi connectivity index (χ3v) is 3.47. The van der Waals surface area contributed by atoms with Crippen molar-refractivity contribution in [1.29, 1.82) is 0 Å². The van der Waals surface area contributed by atoms with Crippen molar-refractivity contribution in [2.75, 3.05) is 13.4 Å². The van der Waals surface area contributed by atoms with Gasteiger partial charge in [0.2, 0.25) is 5.78 Å². The van der Waals surface area contributed by atoms with Gasteiger partial charge in [-0.1, -0.05) is 32.7 Å². The highest BCUT2D eigenvalue weighted by molar-refractivity contribution is 9.10. The van der Waals surface area contributed by atoms with Gasteiger partial charge in [-0.05, 0) is 12.1 Å². The van der Waals surface area contributed by atoms with Gasteiger partial charge in [-0.25, -0.2) is 8.42 Å². The van der Waals surface area contributed by atoms with Crippen LogP contribution in [0, 0.1) is 0 Å². The number of carbonyl (C=O) groups excluding carboxylic acids is 2. The Morgan fingerprint density at radius 2 is 1.85 bits per heavy atom. The summed E-state index contributed by atoms with van der Waals surface area (Å²) in [5, 5.41) is 7.70. The van der Waals surface area contributed by atoms with Crippen molar-refractivity contribution in [3.63, 3.8) is 0 Å². The number of carbonyl (C=O) groups is 2. The summed E-state index contributed by atoms with van der Waals surface area (Å²) < 4.78 is 35.6. The van der Waals surface area contributed by atoms with Gasteiger partial charge in [0.15, 0.2) is 11.8 Å². The Bertz CT molecular complexity index is 871. The van der Waals surface area contributed by atoms with Gasteiger partial charge in [-0.3, -0.25) is 9.59 Å². The molecule has 0 aliphatic carbocycles. The number of Topliss-reactive ketones (excluding diaryl/α,β-unsaturated/α-hetero) is 1. The fourth-order valence-electron chi connectivity index (χ4n) is 1.77. The summed E-state index contributed by atoms with van der Waals surface area (Å²) in [5.74, 6) is -0.0170. The molecule has 2 aromatic rings. The molecular formula is C14H17BrN4O6S. The van der Waals surface area contributed by atoms with Gasteiger partial charge in [0.25, 0.3) is 5.82 Å². The number of aromatic nitrogens is 4. The van der Waals surface area contributed by atoms with Crippen molar-refractivity contribution in [3.05, 3.63) is 40.1 Å². The predicted molar refractivity (Wildman–Crippen MR) is 91.0 cm³/mol. The Morgan fingerprint density at radius 1 is 1.31 bits per heavy atom. The summed E-state index contributed by atoms with van der Waals surface area (Å²) >= 11 is 3.32. The summed E-state index contributed by atoms with van der Waals surface area (Å²) in [6.07, 6.45) is 0.612. The zero-order valence-corrected chi connectivity index (χ0v) is 16.7. The van der Waals surface area contributed by atoms with Gasteiger partial charge in [0.1, 0.15) is 11.6 Å².